The van der Waals surface area contributed by atoms with Gasteiger partial charge in [-0.2, -0.15) is 0 Å². The Kier molecular flexibility index (Phi) is 6.73. The molecule has 1 aromatic carbocycles. The highest BCUT2D eigenvalue weighted by Gasteiger charge is 2.39. The average Bonchev–Trinajstić information content (AvgIpc) is 3.45. The molecular weight excluding hydrogens is 388 g/mol. The highest BCUT2D eigenvalue weighted by Crippen LogP contribution is 2.31. The van der Waals surface area contributed by atoms with Gasteiger partial charge in [-0.1, -0.05) is 6.07 Å². The first-order valence-electron chi connectivity index (χ1n) is 11.1. The molecule has 0 radical (unpaired) electrons. The maximum absolute atomic E-state index is 14.1. The number of aliphatic imine (C=N–C) groups is 1. The summed E-state index contributed by atoms with van der Waals surface area (Å²) in [6, 6.07) is 4.11. The fourth-order valence-electron chi connectivity index (χ4n) is 5.06. The number of likely N-dealkylation sites (tertiary alicyclic amines) is 1. The number of nitrogens with one attached hydrogen (secondary N) is 2. The highest BCUT2D eigenvalue weighted by molar-refractivity contribution is 5.80. The van der Waals surface area contributed by atoms with E-state index in [1.54, 1.807) is 11.9 Å². The molecule has 0 spiro atoms. The van der Waals surface area contributed by atoms with E-state index in [1.165, 1.54) is 31.0 Å². The molecule has 3 aliphatic rings. The number of anilines is 1. The molecular formula is C22H33F2N5O. The smallest absolute Gasteiger partial charge is 0.191 e. The van der Waals surface area contributed by atoms with Crippen LogP contribution in [0.3, 0.4) is 0 Å². The van der Waals surface area contributed by atoms with Gasteiger partial charge in [-0.05, 0) is 57.3 Å². The van der Waals surface area contributed by atoms with E-state index in [0.29, 0.717) is 13.1 Å². The molecule has 3 fully saturated rings. The minimum Gasteiger partial charge on any atom is -0.381 e. The van der Waals surface area contributed by atoms with E-state index in [4.69, 9.17) is 4.74 Å². The summed E-state index contributed by atoms with van der Waals surface area (Å²) in [5.74, 6) is -0.267. The summed E-state index contributed by atoms with van der Waals surface area (Å²) in [5.41, 5.74) is 0.185. The van der Waals surface area contributed by atoms with Crippen molar-refractivity contribution in [1.29, 1.82) is 0 Å². The van der Waals surface area contributed by atoms with Crippen LogP contribution in [0.2, 0.25) is 0 Å². The SMILES string of the molecule is CN=C(NCC1(N2CCCC2)CCOCC1)NC1CCN(c2c(F)cccc2F)C1. The van der Waals surface area contributed by atoms with Crippen molar-refractivity contribution in [2.45, 2.75) is 43.7 Å². The van der Waals surface area contributed by atoms with Gasteiger partial charge in [0.15, 0.2) is 5.96 Å². The number of hydrogen-bond acceptors (Lipinski definition) is 4. The summed E-state index contributed by atoms with van der Waals surface area (Å²) < 4.78 is 33.9. The molecule has 8 heteroatoms. The van der Waals surface area contributed by atoms with Crippen molar-refractivity contribution in [3.05, 3.63) is 29.8 Å². The zero-order valence-electron chi connectivity index (χ0n) is 17.8. The van der Waals surface area contributed by atoms with Gasteiger partial charge in [0.05, 0.1) is 0 Å². The number of rotatable bonds is 5. The molecule has 1 aromatic rings. The van der Waals surface area contributed by atoms with E-state index in [9.17, 15) is 8.78 Å². The largest absolute Gasteiger partial charge is 0.381 e. The van der Waals surface area contributed by atoms with Crippen LogP contribution in [0.15, 0.2) is 23.2 Å². The highest BCUT2D eigenvalue weighted by atomic mass is 19.1. The second kappa shape index (κ2) is 9.47. The summed E-state index contributed by atoms with van der Waals surface area (Å²) in [6.07, 6.45) is 5.39. The third-order valence-corrected chi connectivity index (χ3v) is 6.79. The van der Waals surface area contributed by atoms with E-state index in [0.717, 1.165) is 58.1 Å². The number of halogens is 2. The van der Waals surface area contributed by atoms with Gasteiger partial charge in [0.1, 0.15) is 17.3 Å². The van der Waals surface area contributed by atoms with Gasteiger partial charge in [-0.15, -0.1) is 0 Å². The van der Waals surface area contributed by atoms with Gasteiger partial charge >= 0.3 is 0 Å². The van der Waals surface area contributed by atoms with E-state index >= 15 is 0 Å². The predicted octanol–water partition coefficient (Wildman–Crippen LogP) is 2.35. The third-order valence-electron chi connectivity index (χ3n) is 6.79. The topological polar surface area (TPSA) is 52.1 Å². The van der Waals surface area contributed by atoms with Crippen molar-refractivity contribution in [2.24, 2.45) is 4.99 Å². The number of benzene rings is 1. The van der Waals surface area contributed by atoms with E-state index in [1.807, 2.05) is 0 Å². The normalized spacial score (nSPS) is 25.0. The number of nitrogens with zero attached hydrogens (tertiary/aromatic N) is 3. The Balaban J connectivity index is 1.35. The Labute approximate surface area is 177 Å². The van der Waals surface area contributed by atoms with Gasteiger partial charge in [-0.25, -0.2) is 8.78 Å². The quantitative estimate of drug-likeness (QED) is 0.565. The number of ether oxygens (including phenoxy) is 1. The lowest BCUT2D eigenvalue weighted by Gasteiger charge is -2.45. The van der Waals surface area contributed by atoms with Crippen LogP contribution in [-0.2, 0) is 4.74 Å². The van der Waals surface area contributed by atoms with Crippen molar-refractivity contribution in [2.75, 3.05) is 57.9 Å². The van der Waals surface area contributed by atoms with E-state index < -0.39 is 11.6 Å². The van der Waals surface area contributed by atoms with E-state index in [-0.39, 0.29) is 17.3 Å². The molecule has 1 atom stereocenters. The maximum Gasteiger partial charge on any atom is 0.191 e. The standard InChI is InChI=1S/C22H33F2N5O/c1-25-21(26-16-22(8-13-30-14-9-22)29-10-2-3-11-29)27-17-7-12-28(15-17)20-18(23)5-4-6-19(20)24/h4-6,17H,2-3,7-16H2,1H3,(H2,25,26,27). The van der Waals surface area contributed by atoms with Crippen LogP contribution in [0.1, 0.15) is 32.1 Å². The first kappa shape index (κ1) is 21.3. The van der Waals surface area contributed by atoms with Gasteiger partial charge in [0.25, 0.3) is 0 Å². The predicted molar refractivity (Wildman–Crippen MR) is 115 cm³/mol. The Morgan fingerprint density at radius 1 is 1.17 bits per heavy atom. The molecule has 1 unspecified atom stereocenters. The van der Waals surface area contributed by atoms with Crippen molar-refractivity contribution < 1.29 is 13.5 Å². The Bertz CT molecular complexity index is 727. The van der Waals surface area contributed by atoms with Crippen molar-refractivity contribution in [3.63, 3.8) is 0 Å². The fourth-order valence-corrected chi connectivity index (χ4v) is 5.06. The molecule has 0 bridgehead atoms. The van der Waals surface area contributed by atoms with Crippen LogP contribution in [0.25, 0.3) is 0 Å². The molecule has 3 saturated heterocycles. The summed E-state index contributed by atoms with van der Waals surface area (Å²) in [4.78, 5) is 8.80. The van der Waals surface area contributed by atoms with Crippen LogP contribution in [0, 0.1) is 11.6 Å². The van der Waals surface area contributed by atoms with Crippen LogP contribution >= 0.6 is 0 Å². The molecule has 3 aliphatic heterocycles. The zero-order chi connectivity index (χ0) is 21.0. The second-order valence-electron chi connectivity index (χ2n) is 8.60. The maximum atomic E-state index is 14.1. The third kappa shape index (κ3) is 4.54. The minimum atomic E-state index is -0.509. The van der Waals surface area contributed by atoms with Gasteiger partial charge in [0.2, 0.25) is 0 Å². The molecule has 2 N–H and O–H groups in total. The monoisotopic (exact) mass is 421 g/mol. The lowest BCUT2D eigenvalue weighted by Crippen LogP contribution is -2.59. The first-order chi connectivity index (χ1) is 14.6. The molecule has 3 heterocycles. The van der Waals surface area contributed by atoms with Crippen molar-refractivity contribution in [1.82, 2.24) is 15.5 Å². The Morgan fingerprint density at radius 3 is 2.53 bits per heavy atom. The summed E-state index contributed by atoms with van der Waals surface area (Å²) in [6.45, 7) is 5.89. The number of guanidine groups is 1. The van der Waals surface area contributed by atoms with Crippen LogP contribution in [0.5, 0.6) is 0 Å². The molecule has 0 saturated carbocycles. The van der Waals surface area contributed by atoms with Crippen molar-refractivity contribution >= 4 is 11.6 Å². The molecule has 0 aliphatic carbocycles. The molecule has 0 aromatic heterocycles. The minimum absolute atomic E-state index is 0.0694. The van der Waals surface area contributed by atoms with Gasteiger partial charge in [-0.3, -0.25) is 9.89 Å². The Hall–Kier alpha value is -1.93. The molecule has 30 heavy (non-hydrogen) atoms. The van der Waals surface area contributed by atoms with Crippen LogP contribution < -0.4 is 15.5 Å². The summed E-state index contributed by atoms with van der Waals surface area (Å²) in [7, 11) is 1.77. The molecule has 6 nitrogen and oxygen atoms in total. The number of para-hydroxylation sites is 1. The second-order valence-corrected chi connectivity index (χ2v) is 8.60. The molecule has 166 valence electrons. The van der Waals surface area contributed by atoms with Crippen LogP contribution in [0.4, 0.5) is 14.5 Å². The zero-order valence-corrected chi connectivity index (χ0v) is 17.8. The number of hydrogen-bond donors (Lipinski definition) is 2. The summed E-state index contributed by atoms with van der Waals surface area (Å²) in [5, 5.41) is 6.99. The van der Waals surface area contributed by atoms with Crippen LogP contribution in [-0.4, -0.2) is 75.4 Å². The van der Waals surface area contributed by atoms with E-state index in [2.05, 4.69) is 20.5 Å². The lowest BCUT2D eigenvalue weighted by atomic mass is 9.88. The first-order valence-corrected chi connectivity index (χ1v) is 11.1. The lowest BCUT2D eigenvalue weighted by molar-refractivity contribution is -0.0164. The summed E-state index contributed by atoms with van der Waals surface area (Å²) >= 11 is 0. The van der Waals surface area contributed by atoms with Gasteiger partial charge in [0, 0.05) is 51.5 Å². The van der Waals surface area contributed by atoms with Crippen molar-refractivity contribution in [3.8, 4) is 0 Å². The molecule has 4 rings (SSSR count). The fraction of sp³-hybridized carbons (Fsp3) is 0.682. The average molecular weight is 422 g/mol. The molecule has 0 amide bonds. The Morgan fingerprint density at radius 2 is 1.87 bits per heavy atom. The van der Waals surface area contributed by atoms with Gasteiger partial charge < -0.3 is 20.3 Å².